The van der Waals surface area contributed by atoms with Gasteiger partial charge in [0.15, 0.2) is 5.96 Å². The van der Waals surface area contributed by atoms with Gasteiger partial charge in [-0.05, 0) is 18.4 Å². The zero-order chi connectivity index (χ0) is 15.0. The average Bonchev–Trinajstić information content (AvgIpc) is 2.36. The Balaban J connectivity index is 2.55. The van der Waals surface area contributed by atoms with E-state index < -0.39 is 6.61 Å². The lowest BCUT2D eigenvalue weighted by Gasteiger charge is -2.10. The lowest BCUT2D eigenvalue weighted by atomic mass is 10.1. The Morgan fingerprint density at radius 2 is 2.05 bits per heavy atom. The maximum absolute atomic E-state index is 12.2. The van der Waals surface area contributed by atoms with Crippen molar-refractivity contribution < 1.29 is 13.5 Å². The molecule has 112 valence electrons. The molecule has 1 aromatic rings. The van der Waals surface area contributed by atoms with Gasteiger partial charge in [0.25, 0.3) is 0 Å². The molecule has 3 N–H and O–H groups in total. The smallest absolute Gasteiger partial charge is 0.387 e. The molecule has 0 fully saturated rings. The molecule has 1 aromatic carbocycles. The highest BCUT2D eigenvalue weighted by atomic mass is 19.3. The molecular formula is C14H21F2N3O. The third-order valence-corrected chi connectivity index (χ3v) is 2.64. The summed E-state index contributed by atoms with van der Waals surface area (Å²) in [7, 11) is 0. The number of guanidine groups is 1. The van der Waals surface area contributed by atoms with Crippen molar-refractivity contribution in [3.8, 4) is 5.75 Å². The normalized spacial score (nSPS) is 12.0. The van der Waals surface area contributed by atoms with Crippen LogP contribution in [0.5, 0.6) is 5.75 Å². The SMILES string of the molecule is CC(C)CCNC(N)=NCc1ccccc1OC(F)F. The second kappa shape index (κ2) is 8.35. The van der Waals surface area contributed by atoms with Gasteiger partial charge in [0.2, 0.25) is 0 Å². The lowest BCUT2D eigenvalue weighted by Crippen LogP contribution is -2.32. The van der Waals surface area contributed by atoms with E-state index in [1.54, 1.807) is 18.2 Å². The van der Waals surface area contributed by atoms with Gasteiger partial charge < -0.3 is 15.8 Å². The minimum absolute atomic E-state index is 0.126. The largest absolute Gasteiger partial charge is 0.434 e. The molecule has 0 spiro atoms. The predicted octanol–water partition coefficient (Wildman–Crippen LogP) is 2.74. The van der Waals surface area contributed by atoms with Gasteiger partial charge in [-0.15, -0.1) is 0 Å². The van der Waals surface area contributed by atoms with Crippen molar-refractivity contribution >= 4 is 5.96 Å². The number of para-hydroxylation sites is 1. The molecule has 0 amide bonds. The monoisotopic (exact) mass is 285 g/mol. The lowest BCUT2D eigenvalue weighted by molar-refractivity contribution is -0.0504. The molecule has 0 saturated heterocycles. The van der Waals surface area contributed by atoms with Gasteiger partial charge >= 0.3 is 6.61 Å². The number of nitrogens with one attached hydrogen (secondary N) is 1. The van der Waals surface area contributed by atoms with Crippen LogP contribution in [0.25, 0.3) is 0 Å². The van der Waals surface area contributed by atoms with Crippen LogP contribution in [0.3, 0.4) is 0 Å². The van der Waals surface area contributed by atoms with E-state index in [1.165, 1.54) is 6.07 Å². The topological polar surface area (TPSA) is 59.6 Å². The summed E-state index contributed by atoms with van der Waals surface area (Å²) in [4.78, 5) is 4.12. The van der Waals surface area contributed by atoms with E-state index in [1.807, 2.05) is 0 Å². The van der Waals surface area contributed by atoms with E-state index in [4.69, 9.17) is 5.73 Å². The number of aliphatic imine (C=N–C) groups is 1. The van der Waals surface area contributed by atoms with Gasteiger partial charge in [-0.3, -0.25) is 0 Å². The van der Waals surface area contributed by atoms with Crippen molar-refractivity contribution in [3.63, 3.8) is 0 Å². The van der Waals surface area contributed by atoms with Gasteiger partial charge in [-0.2, -0.15) is 8.78 Å². The number of hydrogen-bond donors (Lipinski definition) is 2. The van der Waals surface area contributed by atoms with Crippen LogP contribution < -0.4 is 15.8 Å². The number of rotatable bonds is 7. The van der Waals surface area contributed by atoms with Gasteiger partial charge in [0, 0.05) is 12.1 Å². The quantitative estimate of drug-likeness (QED) is 0.598. The van der Waals surface area contributed by atoms with E-state index in [2.05, 4.69) is 28.9 Å². The molecule has 4 nitrogen and oxygen atoms in total. The maximum Gasteiger partial charge on any atom is 0.387 e. The molecule has 0 bridgehead atoms. The number of alkyl halides is 2. The highest BCUT2D eigenvalue weighted by Gasteiger charge is 2.08. The zero-order valence-electron chi connectivity index (χ0n) is 11.8. The fourth-order valence-electron chi connectivity index (χ4n) is 1.56. The van der Waals surface area contributed by atoms with E-state index in [0.717, 1.165) is 13.0 Å². The Morgan fingerprint density at radius 3 is 2.70 bits per heavy atom. The summed E-state index contributed by atoms with van der Waals surface area (Å²) in [5, 5.41) is 2.98. The number of nitrogens with two attached hydrogens (primary N) is 1. The summed E-state index contributed by atoms with van der Waals surface area (Å²) < 4.78 is 28.9. The van der Waals surface area contributed by atoms with E-state index in [-0.39, 0.29) is 12.3 Å². The molecule has 0 aliphatic rings. The Bertz CT molecular complexity index is 436. The first-order valence-electron chi connectivity index (χ1n) is 6.55. The third kappa shape index (κ3) is 6.36. The molecule has 0 unspecified atom stereocenters. The van der Waals surface area contributed by atoms with Crippen molar-refractivity contribution in [2.24, 2.45) is 16.6 Å². The van der Waals surface area contributed by atoms with Crippen molar-refractivity contribution in [1.29, 1.82) is 0 Å². The maximum atomic E-state index is 12.2. The van der Waals surface area contributed by atoms with E-state index in [9.17, 15) is 8.78 Å². The highest BCUT2D eigenvalue weighted by Crippen LogP contribution is 2.20. The average molecular weight is 285 g/mol. The zero-order valence-corrected chi connectivity index (χ0v) is 11.8. The Kier molecular flexibility index (Phi) is 6.76. The summed E-state index contributed by atoms with van der Waals surface area (Å²) in [5.41, 5.74) is 6.28. The molecule has 0 heterocycles. The number of hydrogen-bond acceptors (Lipinski definition) is 2. The van der Waals surface area contributed by atoms with Crippen molar-refractivity contribution in [2.75, 3.05) is 6.54 Å². The molecule has 0 saturated carbocycles. The summed E-state index contributed by atoms with van der Waals surface area (Å²) in [6.07, 6.45) is 0.987. The molecule has 20 heavy (non-hydrogen) atoms. The van der Waals surface area contributed by atoms with Crippen LogP contribution in [-0.2, 0) is 6.54 Å². The molecular weight excluding hydrogens is 264 g/mol. The number of benzene rings is 1. The van der Waals surface area contributed by atoms with Gasteiger partial charge in [0.05, 0.1) is 6.54 Å². The Morgan fingerprint density at radius 1 is 1.35 bits per heavy atom. The molecule has 0 aliphatic carbocycles. The standard InChI is InChI=1S/C14H21F2N3O/c1-10(2)7-8-18-14(17)19-9-11-5-3-4-6-12(11)20-13(15)16/h3-6,10,13H,7-9H2,1-2H3,(H3,17,18,19). The fourth-order valence-corrected chi connectivity index (χ4v) is 1.56. The molecule has 0 aliphatic heterocycles. The molecule has 0 radical (unpaired) electrons. The van der Waals surface area contributed by atoms with Crippen LogP contribution >= 0.6 is 0 Å². The second-order valence-electron chi connectivity index (χ2n) is 4.80. The summed E-state index contributed by atoms with van der Waals surface area (Å²) in [5.74, 6) is 1.01. The van der Waals surface area contributed by atoms with Crippen LogP contribution in [0.1, 0.15) is 25.8 Å². The summed E-state index contributed by atoms with van der Waals surface area (Å²) in [6, 6.07) is 6.54. The minimum atomic E-state index is -2.85. The first-order valence-corrected chi connectivity index (χ1v) is 6.55. The van der Waals surface area contributed by atoms with Crippen LogP contribution in [0, 0.1) is 5.92 Å². The molecule has 1 rings (SSSR count). The number of halogens is 2. The third-order valence-electron chi connectivity index (χ3n) is 2.64. The van der Waals surface area contributed by atoms with Gasteiger partial charge in [-0.1, -0.05) is 32.0 Å². The number of nitrogens with zero attached hydrogens (tertiary/aromatic N) is 1. The fraction of sp³-hybridized carbons (Fsp3) is 0.500. The summed E-state index contributed by atoms with van der Waals surface area (Å²) in [6.45, 7) is 2.33. The van der Waals surface area contributed by atoms with Crippen molar-refractivity contribution in [1.82, 2.24) is 5.32 Å². The Hall–Kier alpha value is -1.85. The Labute approximate surface area is 118 Å². The van der Waals surface area contributed by atoms with Gasteiger partial charge in [0.1, 0.15) is 5.75 Å². The first-order chi connectivity index (χ1) is 9.49. The van der Waals surface area contributed by atoms with Crippen LogP contribution in [0.4, 0.5) is 8.78 Å². The molecule has 0 atom stereocenters. The van der Waals surface area contributed by atoms with Crippen LogP contribution in [-0.4, -0.2) is 19.1 Å². The van der Waals surface area contributed by atoms with Crippen LogP contribution in [0.15, 0.2) is 29.3 Å². The molecule has 0 aromatic heterocycles. The summed E-state index contributed by atoms with van der Waals surface area (Å²) >= 11 is 0. The molecule has 6 heteroatoms. The van der Waals surface area contributed by atoms with Crippen molar-refractivity contribution in [2.45, 2.75) is 33.4 Å². The van der Waals surface area contributed by atoms with Crippen molar-refractivity contribution in [3.05, 3.63) is 29.8 Å². The highest BCUT2D eigenvalue weighted by molar-refractivity contribution is 5.77. The first kappa shape index (κ1) is 16.2. The van der Waals surface area contributed by atoms with E-state index in [0.29, 0.717) is 17.4 Å². The van der Waals surface area contributed by atoms with Gasteiger partial charge in [-0.25, -0.2) is 4.99 Å². The number of ether oxygens (including phenoxy) is 1. The second-order valence-corrected chi connectivity index (χ2v) is 4.80. The minimum Gasteiger partial charge on any atom is -0.434 e. The predicted molar refractivity (Wildman–Crippen MR) is 75.9 cm³/mol. The van der Waals surface area contributed by atoms with Crippen LogP contribution in [0.2, 0.25) is 0 Å². The van der Waals surface area contributed by atoms with E-state index >= 15 is 0 Å².